The smallest absolute Gasteiger partial charge is 0.258 e. The number of aryl methyl sites for hydroxylation is 1. The first-order valence-corrected chi connectivity index (χ1v) is 8.76. The number of rotatable bonds is 4. The minimum atomic E-state index is -0.0733. The first kappa shape index (κ1) is 15.7. The second-order valence-electron chi connectivity index (χ2n) is 5.74. The number of hydrogen-bond donors (Lipinski definition) is 0. The molecule has 0 N–H and O–H groups in total. The van der Waals surface area contributed by atoms with Gasteiger partial charge in [0.25, 0.3) is 5.56 Å². The third-order valence-corrected chi connectivity index (χ3v) is 4.85. The summed E-state index contributed by atoms with van der Waals surface area (Å²) in [5.74, 6) is 1.97. The van der Waals surface area contributed by atoms with Gasteiger partial charge in [-0.15, -0.1) is 0 Å². The van der Waals surface area contributed by atoms with E-state index in [0.717, 1.165) is 22.4 Å². The molecule has 0 bridgehead atoms. The van der Waals surface area contributed by atoms with E-state index in [1.807, 2.05) is 41.9 Å². The molecule has 25 heavy (non-hydrogen) atoms. The van der Waals surface area contributed by atoms with Crippen molar-refractivity contribution in [3.63, 3.8) is 0 Å². The third-order valence-electron chi connectivity index (χ3n) is 4.17. The molecule has 0 saturated carbocycles. The van der Waals surface area contributed by atoms with Crippen molar-refractivity contribution >= 4 is 22.1 Å². The van der Waals surface area contributed by atoms with E-state index in [2.05, 4.69) is 4.98 Å². The number of methoxy groups -OCH3 is 1. The molecule has 5 nitrogen and oxygen atoms in total. The van der Waals surface area contributed by atoms with Gasteiger partial charge < -0.3 is 13.7 Å². The maximum Gasteiger partial charge on any atom is 0.258 e. The molecule has 0 atom stereocenters. The van der Waals surface area contributed by atoms with Gasteiger partial charge in [0.2, 0.25) is 5.89 Å². The number of benzene rings is 1. The van der Waals surface area contributed by atoms with Crippen molar-refractivity contribution in [3.05, 3.63) is 69.1 Å². The molecular weight excluding hydrogens is 336 g/mol. The van der Waals surface area contributed by atoms with Crippen LogP contribution < -0.4 is 10.3 Å². The van der Waals surface area contributed by atoms with Crippen LogP contribution in [0.5, 0.6) is 5.75 Å². The highest BCUT2D eigenvalue weighted by atomic mass is 32.1. The van der Waals surface area contributed by atoms with Crippen LogP contribution in [0.3, 0.4) is 0 Å². The lowest BCUT2D eigenvalue weighted by Crippen LogP contribution is -2.20. The standard InChI is InChI=1S/C19H16N2O3S/c1-12-17(20-18(24-12)14-6-8-25-11-14)10-21-7-5-13-3-4-15(23-2)9-16(13)19(21)22/h3-9,11H,10H2,1-2H3. The van der Waals surface area contributed by atoms with Crippen LogP contribution in [0.2, 0.25) is 0 Å². The molecule has 126 valence electrons. The van der Waals surface area contributed by atoms with Crippen LogP contribution in [0.15, 0.2) is 56.5 Å². The number of thiophene rings is 1. The van der Waals surface area contributed by atoms with Crippen LogP contribution in [0, 0.1) is 6.92 Å². The van der Waals surface area contributed by atoms with Gasteiger partial charge >= 0.3 is 0 Å². The van der Waals surface area contributed by atoms with E-state index in [9.17, 15) is 4.79 Å². The lowest BCUT2D eigenvalue weighted by molar-refractivity contribution is 0.415. The molecule has 1 aromatic carbocycles. The molecule has 3 aromatic heterocycles. The van der Waals surface area contributed by atoms with Crippen LogP contribution in [-0.4, -0.2) is 16.7 Å². The SMILES string of the molecule is COc1ccc2ccn(Cc3nc(-c4ccsc4)oc3C)c(=O)c2c1. The molecule has 0 radical (unpaired) electrons. The Morgan fingerprint density at radius 3 is 2.92 bits per heavy atom. The zero-order chi connectivity index (χ0) is 17.4. The number of oxazole rings is 1. The van der Waals surface area contributed by atoms with Crippen molar-refractivity contribution in [2.24, 2.45) is 0 Å². The van der Waals surface area contributed by atoms with E-state index in [1.54, 1.807) is 35.3 Å². The molecule has 0 amide bonds. The molecule has 6 heteroatoms. The monoisotopic (exact) mass is 352 g/mol. The Balaban J connectivity index is 1.74. The van der Waals surface area contributed by atoms with E-state index >= 15 is 0 Å². The highest BCUT2D eigenvalue weighted by Gasteiger charge is 2.13. The highest BCUT2D eigenvalue weighted by Crippen LogP contribution is 2.24. The second-order valence-corrected chi connectivity index (χ2v) is 6.52. The molecule has 0 aliphatic heterocycles. The average Bonchev–Trinajstić information content (AvgIpc) is 3.27. The summed E-state index contributed by atoms with van der Waals surface area (Å²) < 4.78 is 12.6. The maximum absolute atomic E-state index is 12.8. The van der Waals surface area contributed by atoms with Crippen molar-refractivity contribution in [2.45, 2.75) is 13.5 Å². The number of nitrogens with zero attached hydrogens (tertiary/aromatic N) is 2. The van der Waals surface area contributed by atoms with E-state index in [0.29, 0.717) is 23.6 Å². The van der Waals surface area contributed by atoms with Gasteiger partial charge in [0.1, 0.15) is 17.2 Å². The summed E-state index contributed by atoms with van der Waals surface area (Å²) in [5, 5.41) is 5.48. The summed E-state index contributed by atoms with van der Waals surface area (Å²) in [5.41, 5.74) is 1.64. The van der Waals surface area contributed by atoms with Crippen molar-refractivity contribution in [1.29, 1.82) is 0 Å². The van der Waals surface area contributed by atoms with Crippen LogP contribution in [0.4, 0.5) is 0 Å². The van der Waals surface area contributed by atoms with Gasteiger partial charge in [0.15, 0.2) is 0 Å². The van der Waals surface area contributed by atoms with E-state index in [4.69, 9.17) is 9.15 Å². The Kier molecular flexibility index (Phi) is 3.89. The first-order valence-electron chi connectivity index (χ1n) is 7.82. The van der Waals surface area contributed by atoms with Gasteiger partial charge in [-0.2, -0.15) is 11.3 Å². The van der Waals surface area contributed by atoms with Crippen LogP contribution in [0.1, 0.15) is 11.5 Å². The maximum atomic E-state index is 12.8. The fourth-order valence-corrected chi connectivity index (χ4v) is 3.39. The summed E-state index contributed by atoms with van der Waals surface area (Å²) in [6.07, 6.45) is 1.79. The summed E-state index contributed by atoms with van der Waals surface area (Å²) in [6.45, 7) is 2.23. The second kappa shape index (κ2) is 6.22. The van der Waals surface area contributed by atoms with Crippen molar-refractivity contribution in [3.8, 4) is 17.2 Å². The number of pyridine rings is 1. The predicted octanol–water partition coefficient (Wildman–Crippen LogP) is 4.08. The largest absolute Gasteiger partial charge is 0.497 e. The molecule has 4 rings (SSSR count). The number of ether oxygens (including phenoxy) is 1. The first-order chi connectivity index (χ1) is 12.2. The van der Waals surface area contributed by atoms with Crippen LogP contribution in [-0.2, 0) is 6.54 Å². The summed E-state index contributed by atoms with van der Waals surface area (Å²) in [6, 6.07) is 9.39. The van der Waals surface area contributed by atoms with E-state index < -0.39 is 0 Å². The Morgan fingerprint density at radius 2 is 2.16 bits per heavy atom. The van der Waals surface area contributed by atoms with E-state index in [1.165, 1.54) is 0 Å². The van der Waals surface area contributed by atoms with E-state index in [-0.39, 0.29) is 5.56 Å². The highest BCUT2D eigenvalue weighted by molar-refractivity contribution is 7.08. The van der Waals surface area contributed by atoms with Gasteiger partial charge in [-0.1, -0.05) is 6.07 Å². The molecule has 0 spiro atoms. The number of aromatic nitrogens is 2. The number of fused-ring (bicyclic) bond motifs is 1. The van der Waals surface area contributed by atoms with Gasteiger partial charge in [-0.3, -0.25) is 4.79 Å². The van der Waals surface area contributed by atoms with Crippen molar-refractivity contribution in [1.82, 2.24) is 9.55 Å². The summed E-state index contributed by atoms with van der Waals surface area (Å²) >= 11 is 1.59. The molecule has 3 heterocycles. The minimum Gasteiger partial charge on any atom is -0.497 e. The van der Waals surface area contributed by atoms with Crippen LogP contribution in [0.25, 0.3) is 22.2 Å². The molecule has 0 aliphatic rings. The van der Waals surface area contributed by atoms with Crippen molar-refractivity contribution < 1.29 is 9.15 Å². The zero-order valence-electron chi connectivity index (χ0n) is 13.9. The molecule has 0 saturated heterocycles. The lowest BCUT2D eigenvalue weighted by Gasteiger charge is -2.07. The molecule has 4 aromatic rings. The number of hydrogen-bond acceptors (Lipinski definition) is 5. The van der Waals surface area contributed by atoms with Crippen LogP contribution >= 0.6 is 11.3 Å². The zero-order valence-corrected chi connectivity index (χ0v) is 14.7. The molecule has 0 fully saturated rings. The van der Waals surface area contributed by atoms with Gasteiger partial charge in [-0.05, 0) is 42.0 Å². The Labute approximate surface area is 148 Å². The van der Waals surface area contributed by atoms with Gasteiger partial charge in [0, 0.05) is 17.1 Å². The Bertz CT molecular complexity index is 1090. The summed E-state index contributed by atoms with van der Waals surface area (Å²) in [4.78, 5) is 17.4. The Hall–Kier alpha value is -2.86. The lowest BCUT2D eigenvalue weighted by atomic mass is 10.1. The quantitative estimate of drug-likeness (QED) is 0.555. The fraction of sp³-hybridized carbons (Fsp3) is 0.158. The topological polar surface area (TPSA) is 57.3 Å². The molecular formula is C19H16N2O3S. The fourth-order valence-electron chi connectivity index (χ4n) is 2.76. The third kappa shape index (κ3) is 2.85. The predicted molar refractivity (Wildman–Crippen MR) is 98.4 cm³/mol. The Morgan fingerprint density at radius 1 is 1.28 bits per heavy atom. The molecule has 0 unspecified atom stereocenters. The van der Waals surface area contributed by atoms with Gasteiger partial charge in [-0.25, -0.2) is 4.98 Å². The normalized spacial score (nSPS) is 11.1. The van der Waals surface area contributed by atoms with Crippen molar-refractivity contribution in [2.75, 3.05) is 7.11 Å². The van der Waals surface area contributed by atoms with Gasteiger partial charge in [0.05, 0.1) is 19.0 Å². The molecule has 0 aliphatic carbocycles. The summed E-state index contributed by atoms with van der Waals surface area (Å²) in [7, 11) is 1.59. The minimum absolute atomic E-state index is 0.0733. The average molecular weight is 352 g/mol.